The molecule has 1 aromatic carbocycles. The topological polar surface area (TPSA) is 53.4 Å². The van der Waals surface area contributed by atoms with Gasteiger partial charge in [0.2, 0.25) is 0 Å². The minimum absolute atomic E-state index is 0.0711. The van der Waals surface area contributed by atoms with Crippen LogP contribution in [0.25, 0.3) is 0 Å². The molecule has 106 valence electrons. The molecule has 0 radical (unpaired) electrons. The molecule has 0 bridgehead atoms. The second-order valence-electron chi connectivity index (χ2n) is 5.04. The maximum absolute atomic E-state index is 11.2. The number of pyridine rings is 1. The van der Waals surface area contributed by atoms with Gasteiger partial charge in [-0.15, -0.1) is 0 Å². The Hall–Kier alpha value is -1.87. The molecule has 0 saturated carbocycles. The third-order valence-corrected chi connectivity index (χ3v) is 3.94. The largest absolute Gasteiger partial charge is 0.508 e. The SMILES string of the molecule is CC[C@H](c1ccccn1)[C@@](O)(CC)c1ccc(O)cc1. The minimum atomic E-state index is -0.975. The predicted molar refractivity (Wildman–Crippen MR) is 79.6 cm³/mol. The number of rotatable bonds is 5. The van der Waals surface area contributed by atoms with Gasteiger partial charge in [-0.3, -0.25) is 4.98 Å². The van der Waals surface area contributed by atoms with Crippen LogP contribution in [0.4, 0.5) is 0 Å². The predicted octanol–water partition coefficient (Wildman–Crippen LogP) is 3.58. The van der Waals surface area contributed by atoms with Crippen molar-refractivity contribution in [3.8, 4) is 5.75 Å². The van der Waals surface area contributed by atoms with E-state index in [1.165, 1.54) is 0 Å². The lowest BCUT2D eigenvalue weighted by Gasteiger charge is -2.35. The van der Waals surface area contributed by atoms with Crippen molar-refractivity contribution in [2.45, 2.75) is 38.2 Å². The second-order valence-corrected chi connectivity index (χ2v) is 5.04. The van der Waals surface area contributed by atoms with E-state index in [4.69, 9.17) is 0 Å². The monoisotopic (exact) mass is 271 g/mol. The number of benzene rings is 1. The Labute approximate surface area is 119 Å². The van der Waals surface area contributed by atoms with Crippen molar-refractivity contribution in [1.29, 1.82) is 0 Å². The summed E-state index contributed by atoms with van der Waals surface area (Å²) in [4.78, 5) is 4.40. The zero-order chi connectivity index (χ0) is 14.6. The molecule has 0 fully saturated rings. The van der Waals surface area contributed by atoms with Crippen LogP contribution in [0.1, 0.15) is 43.9 Å². The molecule has 0 aliphatic carbocycles. The first kappa shape index (κ1) is 14.5. The fourth-order valence-corrected chi connectivity index (χ4v) is 2.78. The summed E-state index contributed by atoms with van der Waals surface area (Å²) in [5, 5.41) is 20.6. The molecule has 0 saturated heterocycles. The third kappa shape index (κ3) is 2.68. The number of hydrogen-bond acceptors (Lipinski definition) is 3. The van der Waals surface area contributed by atoms with Crippen LogP contribution in [0.15, 0.2) is 48.7 Å². The zero-order valence-corrected chi connectivity index (χ0v) is 12.0. The maximum Gasteiger partial charge on any atom is 0.115 e. The van der Waals surface area contributed by atoms with Gasteiger partial charge < -0.3 is 10.2 Å². The molecule has 2 N–H and O–H groups in total. The minimum Gasteiger partial charge on any atom is -0.508 e. The van der Waals surface area contributed by atoms with Gasteiger partial charge in [0.05, 0.1) is 5.60 Å². The van der Waals surface area contributed by atoms with Crippen LogP contribution in [0.3, 0.4) is 0 Å². The van der Waals surface area contributed by atoms with Crippen molar-refractivity contribution in [1.82, 2.24) is 4.98 Å². The van der Waals surface area contributed by atoms with E-state index in [1.54, 1.807) is 30.5 Å². The summed E-state index contributed by atoms with van der Waals surface area (Å²) in [5.41, 5.74) is 0.735. The molecule has 2 aromatic rings. The number of phenols is 1. The molecule has 3 nitrogen and oxygen atoms in total. The highest BCUT2D eigenvalue weighted by Crippen LogP contribution is 2.41. The van der Waals surface area contributed by atoms with E-state index in [0.29, 0.717) is 6.42 Å². The number of hydrogen-bond donors (Lipinski definition) is 2. The van der Waals surface area contributed by atoms with Gasteiger partial charge in [-0.2, -0.15) is 0 Å². The summed E-state index contributed by atoms with van der Waals surface area (Å²) in [6, 6.07) is 12.6. The Morgan fingerprint density at radius 3 is 2.30 bits per heavy atom. The van der Waals surface area contributed by atoms with Gasteiger partial charge >= 0.3 is 0 Å². The van der Waals surface area contributed by atoms with E-state index in [9.17, 15) is 10.2 Å². The van der Waals surface area contributed by atoms with Crippen LogP contribution >= 0.6 is 0 Å². The van der Waals surface area contributed by atoms with Crippen molar-refractivity contribution < 1.29 is 10.2 Å². The van der Waals surface area contributed by atoms with Crippen molar-refractivity contribution in [2.24, 2.45) is 0 Å². The zero-order valence-electron chi connectivity index (χ0n) is 12.0. The summed E-state index contributed by atoms with van der Waals surface area (Å²) >= 11 is 0. The maximum atomic E-state index is 11.2. The summed E-state index contributed by atoms with van der Waals surface area (Å²) in [6.45, 7) is 4.03. The van der Waals surface area contributed by atoms with Gasteiger partial charge in [-0.05, 0) is 42.7 Å². The quantitative estimate of drug-likeness (QED) is 0.874. The molecule has 0 spiro atoms. The molecule has 1 aromatic heterocycles. The lowest BCUT2D eigenvalue weighted by molar-refractivity contribution is 0.000165. The third-order valence-electron chi connectivity index (χ3n) is 3.94. The van der Waals surface area contributed by atoms with E-state index >= 15 is 0 Å². The Morgan fingerprint density at radius 2 is 1.80 bits per heavy atom. The van der Waals surface area contributed by atoms with Gasteiger partial charge in [-0.25, -0.2) is 0 Å². The first-order chi connectivity index (χ1) is 9.61. The van der Waals surface area contributed by atoms with Crippen molar-refractivity contribution >= 4 is 0 Å². The highest BCUT2D eigenvalue weighted by molar-refractivity contribution is 5.33. The van der Waals surface area contributed by atoms with E-state index < -0.39 is 5.60 Å². The molecule has 0 aliphatic heterocycles. The summed E-state index contributed by atoms with van der Waals surface area (Å²) in [7, 11) is 0. The summed E-state index contributed by atoms with van der Waals surface area (Å²) < 4.78 is 0. The lowest BCUT2D eigenvalue weighted by Crippen LogP contribution is -2.33. The number of aromatic hydroxyl groups is 1. The Kier molecular flexibility index (Phi) is 4.40. The van der Waals surface area contributed by atoms with Gasteiger partial charge in [0.1, 0.15) is 5.75 Å². The van der Waals surface area contributed by atoms with Gasteiger partial charge in [0.25, 0.3) is 0 Å². The van der Waals surface area contributed by atoms with Crippen molar-refractivity contribution in [2.75, 3.05) is 0 Å². The van der Waals surface area contributed by atoms with E-state index in [1.807, 2.05) is 25.1 Å². The first-order valence-corrected chi connectivity index (χ1v) is 7.04. The van der Waals surface area contributed by atoms with Gasteiger partial charge in [0.15, 0.2) is 0 Å². The number of nitrogens with zero attached hydrogens (tertiary/aromatic N) is 1. The first-order valence-electron chi connectivity index (χ1n) is 7.04. The second kappa shape index (κ2) is 6.06. The fraction of sp³-hybridized carbons (Fsp3) is 0.353. The van der Waals surface area contributed by atoms with Gasteiger partial charge in [0, 0.05) is 17.8 Å². The Bertz CT molecular complexity index is 539. The van der Waals surface area contributed by atoms with Crippen LogP contribution in [0.5, 0.6) is 5.75 Å². The molecule has 0 amide bonds. The van der Waals surface area contributed by atoms with Crippen LogP contribution in [0, 0.1) is 0 Å². The van der Waals surface area contributed by atoms with E-state index in [0.717, 1.165) is 17.7 Å². The number of aliphatic hydroxyl groups is 1. The van der Waals surface area contributed by atoms with Crippen LogP contribution < -0.4 is 0 Å². The number of aromatic nitrogens is 1. The summed E-state index contributed by atoms with van der Waals surface area (Å²) in [6.07, 6.45) is 3.14. The number of phenolic OH excluding ortho intramolecular Hbond substituents is 1. The highest BCUT2D eigenvalue weighted by atomic mass is 16.3. The molecule has 2 rings (SSSR count). The van der Waals surface area contributed by atoms with Crippen molar-refractivity contribution in [3.05, 3.63) is 59.9 Å². The molecule has 0 aliphatic rings. The Balaban J connectivity index is 2.45. The Morgan fingerprint density at radius 1 is 1.10 bits per heavy atom. The molecular weight excluding hydrogens is 250 g/mol. The highest BCUT2D eigenvalue weighted by Gasteiger charge is 2.37. The molecule has 20 heavy (non-hydrogen) atoms. The van der Waals surface area contributed by atoms with E-state index in [-0.39, 0.29) is 11.7 Å². The smallest absolute Gasteiger partial charge is 0.115 e. The van der Waals surface area contributed by atoms with Crippen molar-refractivity contribution in [3.63, 3.8) is 0 Å². The molecule has 3 heteroatoms. The normalized spacial score (nSPS) is 15.6. The molecule has 2 atom stereocenters. The molecule has 1 heterocycles. The summed E-state index contributed by atoms with van der Waals surface area (Å²) in [5.74, 6) is 0.135. The molecular formula is C17H21NO2. The average molecular weight is 271 g/mol. The van der Waals surface area contributed by atoms with Crippen LogP contribution in [0.2, 0.25) is 0 Å². The van der Waals surface area contributed by atoms with Gasteiger partial charge in [-0.1, -0.05) is 32.0 Å². The fourth-order valence-electron chi connectivity index (χ4n) is 2.78. The lowest BCUT2D eigenvalue weighted by atomic mass is 9.76. The average Bonchev–Trinajstić information content (AvgIpc) is 2.49. The molecule has 0 unspecified atom stereocenters. The van der Waals surface area contributed by atoms with Crippen LogP contribution in [-0.4, -0.2) is 15.2 Å². The standard InChI is InChI=1S/C17H21NO2/c1-3-15(16-7-5-6-12-18-16)17(20,4-2)13-8-10-14(19)11-9-13/h5-12,15,19-20H,3-4H2,1-2H3/t15-,17-/m1/s1. The van der Waals surface area contributed by atoms with Crippen LogP contribution in [-0.2, 0) is 5.60 Å². The van der Waals surface area contributed by atoms with E-state index in [2.05, 4.69) is 11.9 Å².